The van der Waals surface area contributed by atoms with Crippen molar-refractivity contribution in [2.24, 2.45) is 28.6 Å². The summed E-state index contributed by atoms with van der Waals surface area (Å²) in [5.41, 5.74) is -1.55. The van der Waals surface area contributed by atoms with Gasteiger partial charge in [-0.1, -0.05) is 25.5 Å². The minimum Gasteiger partial charge on any atom is -0.388 e. The number of fused-ring (bicyclic) bond motifs is 3. The molecule has 27 heavy (non-hydrogen) atoms. The summed E-state index contributed by atoms with van der Waals surface area (Å²) in [5.74, 6) is -0.193. The van der Waals surface area contributed by atoms with E-state index in [2.05, 4.69) is 6.92 Å². The van der Waals surface area contributed by atoms with Crippen LogP contribution >= 0.6 is 0 Å². The van der Waals surface area contributed by atoms with E-state index in [0.29, 0.717) is 6.42 Å². The molecule has 1 unspecified atom stereocenters. The van der Waals surface area contributed by atoms with Crippen molar-refractivity contribution in [3.05, 3.63) is 23.8 Å². The van der Waals surface area contributed by atoms with E-state index in [0.717, 1.165) is 24.8 Å². The fraction of sp³-hybridized carbons (Fsp3) is 0.727. The first-order valence-electron chi connectivity index (χ1n) is 10.1. The lowest BCUT2D eigenvalue weighted by Gasteiger charge is -2.55. The Bertz CT molecular complexity index is 814. The molecule has 8 atom stereocenters. The summed E-state index contributed by atoms with van der Waals surface area (Å²) in [6, 6.07) is 0. The Hall–Kier alpha value is -1.30. The number of allylic oxidation sites excluding steroid dienone is 2. The van der Waals surface area contributed by atoms with Gasteiger partial charge in [-0.2, -0.15) is 0 Å². The predicted octanol–water partition coefficient (Wildman–Crippen LogP) is 1.96. The molecule has 3 saturated carbocycles. The molecule has 5 heteroatoms. The Morgan fingerprint density at radius 3 is 2.78 bits per heavy atom. The summed E-state index contributed by atoms with van der Waals surface area (Å²) >= 11 is 0. The van der Waals surface area contributed by atoms with E-state index in [1.54, 1.807) is 12.2 Å². The molecule has 0 amide bonds. The maximum atomic E-state index is 12.6. The fourth-order valence-electron chi connectivity index (χ4n) is 7.70. The lowest BCUT2D eigenvalue weighted by atomic mass is 9.46. The highest BCUT2D eigenvalue weighted by molar-refractivity contribution is 6.01. The number of aliphatic hydroxyl groups excluding tert-OH is 1. The molecule has 5 nitrogen and oxygen atoms in total. The second kappa shape index (κ2) is 5.00. The van der Waals surface area contributed by atoms with Gasteiger partial charge in [0.25, 0.3) is 0 Å². The number of hydrogen-bond donors (Lipinski definition) is 2. The van der Waals surface area contributed by atoms with Gasteiger partial charge in [-0.3, -0.25) is 9.59 Å². The standard InChI is InChI=1S/C22H28O5/c1-12-8-16-15-5-4-13-9-14(24)6-7-19(13,2)22(15)18(27-22)10-20(16,3)21(12,26)17(25)11-23/h6-7,9,12,15-16,18,23,26H,4-5,8,10-11H2,1-3H3/t12-,15-,16-,18?,19-,20-,21-,22-/m0/s1. The lowest BCUT2D eigenvalue weighted by molar-refractivity contribution is -0.165. The summed E-state index contributed by atoms with van der Waals surface area (Å²) in [4.78, 5) is 24.5. The predicted molar refractivity (Wildman–Crippen MR) is 97.7 cm³/mol. The van der Waals surface area contributed by atoms with Gasteiger partial charge < -0.3 is 14.9 Å². The van der Waals surface area contributed by atoms with Crippen molar-refractivity contribution in [2.75, 3.05) is 6.61 Å². The van der Waals surface area contributed by atoms with Crippen molar-refractivity contribution in [1.82, 2.24) is 0 Å². The van der Waals surface area contributed by atoms with Crippen LogP contribution in [0.3, 0.4) is 0 Å². The maximum Gasteiger partial charge on any atom is 0.190 e. The number of carbonyl (C=O) groups excluding carboxylic acids is 2. The molecule has 0 radical (unpaired) electrons. The summed E-state index contributed by atoms with van der Waals surface area (Å²) in [7, 11) is 0. The highest BCUT2D eigenvalue weighted by Crippen LogP contribution is 2.76. The highest BCUT2D eigenvalue weighted by atomic mass is 16.6. The van der Waals surface area contributed by atoms with E-state index in [4.69, 9.17) is 4.74 Å². The van der Waals surface area contributed by atoms with E-state index in [1.165, 1.54) is 0 Å². The third-order valence-corrected chi connectivity index (χ3v) is 9.08. The maximum absolute atomic E-state index is 12.6. The molecule has 1 heterocycles. The number of aliphatic hydroxyl groups is 2. The first kappa shape index (κ1) is 17.8. The van der Waals surface area contributed by atoms with Gasteiger partial charge in [0.2, 0.25) is 0 Å². The average Bonchev–Trinajstić information content (AvgIpc) is 3.31. The van der Waals surface area contributed by atoms with E-state index >= 15 is 0 Å². The van der Waals surface area contributed by atoms with Gasteiger partial charge in [-0.15, -0.1) is 0 Å². The molecule has 5 rings (SSSR count). The van der Waals surface area contributed by atoms with Crippen LogP contribution in [0.4, 0.5) is 0 Å². The van der Waals surface area contributed by atoms with Gasteiger partial charge in [0, 0.05) is 10.8 Å². The number of rotatable bonds is 2. The second-order valence-electron chi connectivity index (χ2n) is 9.86. The minimum absolute atomic E-state index is 0.0291. The molecule has 5 aliphatic rings. The van der Waals surface area contributed by atoms with E-state index in [-0.39, 0.29) is 40.7 Å². The van der Waals surface area contributed by atoms with Crippen molar-refractivity contribution >= 4 is 11.6 Å². The van der Waals surface area contributed by atoms with E-state index in [9.17, 15) is 19.8 Å². The van der Waals surface area contributed by atoms with Gasteiger partial charge in [-0.05, 0) is 62.5 Å². The van der Waals surface area contributed by atoms with Gasteiger partial charge in [0.05, 0.1) is 6.10 Å². The number of ether oxygens (including phenoxy) is 1. The zero-order valence-electron chi connectivity index (χ0n) is 16.2. The Kier molecular flexibility index (Phi) is 3.29. The smallest absolute Gasteiger partial charge is 0.190 e. The van der Waals surface area contributed by atoms with Crippen LogP contribution in [0.2, 0.25) is 0 Å². The number of Topliss-reactive ketones (excluding diaryl/α,β-unsaturated/α-hetero) is 1. The zero-order valence-corrected chi connectivity index (χ0v) is 16.2. The summed E-state index contributed by atoms with van der Waals surface area (Å²) in [6.07, 6.45) is 8.58. The molecule has 2 N–H and O–H groups in total. The Balaban J connectivity index is 1.60. The number of ketones is 2. The Morgan fingerprint density at radius 1 is 1.33 bits per heavy atom. The van der Waals surface area contributed by atoms with Crippen molar-refractivity contribution in [3.8, 4) is 0 Å². The molecule has 4 aliphatic carbocycles. The average molecular weight is 372 g/mol. The van der Waals surface area contributed by atoms with Crippen LogP contribution in [0, 0.1) is 28.6 Å². The Morgan fingerprint density at radius 2 is 2.07 bits per heavy atom. The molecule has 1 aliphatic heterocycles. The van der Waals surface area contributed by atoms with Crippen LogP contribution in [-0.2, 0) is 14.3 Å². The van der Waals surface area contributed by atoms with Crippen molar-refractivity contribution < 1.29 is 24.5 Å². The van der Waals surface area contributed by atoms with E-state index in [1.807, 2.05) is 19.9 Å². The molecular weight excluding hydrogens is 344 g/mol. The fourth-order valence-corrected chi connectivity index (χ4v) is 7.70. The quantitative estimate of drug-likeness (QED) is 0.724. The van der Waals surface area contributed by atoms with Gasteiger partial charge in [0.15, 0.2) is 11.6 Å². The van der Waals surface area contributed by atoms with Crippen molar-refractivity contribution in [2.45, 2.75) is 63.8 Å². The second-order valence-corrected chi connectivity index (χ2v) is 9.86. The highest BCUT2D eigenvalue weighted by Gasteiger charge is 2.81. The lowest BCUT2D eigenvalue weighted by Crippen LogP contribution is -2.62. The third kappa shape index (κ3) is 1.73. The van der Waals surface area contributed by atoms with Crippen LogP contribution in [0.5, 0.6) is 0 Å². The van der Waals surface area contributed by atoms with E-state index < -0.39 is 23.4 Å². The molecule has 0 aromatic heterocycles. The van der Waals surface area contributed by atoms with Gasteiger partial charge in [-0.25, -0.2) is 0 Å². The molecule has 146 valence electrons. The molecule has 0 aromatic rings. The Labute approximate surface area is 159 Å². The van der Waals surface area contributed by atoms with Gasteiger partial charge >= 0.3 is 0 Å². The monoisotopic (exact) mass is 372 g/mol. The third-order valence-electron chi connectivity index (χ3n) is 9.08. The zero-order chi connectivity index (χ0) is 19.4. The molecular formula is C22H28O5. The molecule has 1 spiro atoms. The summed E-state index contributed by atoms with van der Waals surface area (Å²) < 4.78 is 6.43. The van der Waals surface area contributed by atoms with Gasteiger partial charge in [0.1, 0.15) is 17.8 Å². The van der Waals surface area contributed by atoms with Crippen LogP contribution in [0.25, 0.3) is 0 Å². The number of hydrogen-bond acceptors (Lipinski definition) is 5. The largest absolute Gasteiger partial charge is 0.388 e. The first-order valence-corrected chi connectivity index (χ1v) is 10.1. The minimum atomic E-state index is -1.50. The first-order chi connectivity index (χ1) is 12.6. The number of carbonyl (C=O) groups is 2. The van der Waals surface area contributed by atoms with Crippen LogP contribution in [0.15, 0.2) is 23.8 Å². The normalized spacial score (nSPS) is 55.1. The van der Waals surface area contributed by atoms with Crippen LogP contribution in [0.1, 0.15) is 46.5 Å². The van der Waals surface area contributed by atoms with Crippen molar-refractivity contribution in [1.29, 1.82) is 0 Å². The van der Waals surface area contributed by atoms with Crippen LogP contribution < -0.4 is 0 Å². The van der Waals surface area contributed by atoms with Crippen molar-refractivity contribution in [3.63, 3.8) is 0 Å². The van der Waals surface area contributed by atoms with Crippen LogP contribution in [-0.4, -0.2) is 45.7 Å². The molecule has 0 aromatic carbocycles. The molecule has 4 fully saturated rings. The number of epoxide rings is 1. The SMILES string of the molecule is C[C@H]1C[C@H]2[C@@H]3CCC4=CC(=O)C=C[C@]4(C)[C@]34OC4C[C@]2(C)[C@@]1(O)C(=O)CO. The topological polar surface area (TPSA) is 87.1 Å². The molecule has 0 bridgehead atoms. The summed E-state index contributed by atoms with van der Waals surface area (Å²) in [5, 5.41) is 21.0. The summed E-state index contributed by atoms with van der Waals surface area (Å²) in [6.45, 7) is 5.51. The molecule has 1 saturated heterocycles.